The Morgan fingerprint density at radius 3 is 0.828 bits per heavy atom. The first-order valence-electron chi connectivity index (χ1n) is 42.4. The van der Waals surface area contributed by atoms with Crippen LogP contribution in [-0.4, -0.2) is 47.4 Å². The Morgan fingerprint density at radius 2 is 0.538 bits per heavy atom. The second kappa shape index (κ2) is 82.2. The molecule has 93 heavy (non-hydrogen) atoms. The summed E-state index contributed by atoms with van der Waals surface area (Å²) in [6.07, 6.45) is 109. The molecule has 6 nitrogen and oxygen atoms in total. The summed E-state index contributed by atoms with van der Waals surface area (Å²) in [5, 5.41) is 23.5. The van der Waals surface area contributed by atoms with E-state index in [1.165, 1.54) is 379 Å². The molecule has 0 saturated heterocycles. The number of esters is 1. The van der Waals surface area contributed by atoms with Gasteiger partial charge in [-0.2, -0.15) is 0 Å². The predicted molar refractivity (Wildman–Crippen MR) is 412 cm³/mol. The monoisotopic (exact) mass is 1300 g/mol. The van der Waals surface area contributed by atoms with Crippen LogP contribution < -0.4 is 5.32 Å². The zero-order valence-corrected chi connectivity index (χ0v) is 63.0. The molecule has 0 fully saturated rings. The SMILES string of the molecule is CCCCCC/C=C\C/C=C\CCCCCCCCCC(=O)OCCCCCCCCCCC/C=C\C/C=C\CCCCCCCCCCCCCCCCCCCC(=O)NC(CO)C(O)CCCCCCCCCCCCCCCCCCCCCCCCCCC. The lowest BCUT2D eigenvalue weighted by molar-refractivity contribution is -0.143. The lowest BCUT2D eigenvalue weighted by Gasteiger charge is -2.22. The Labute approximate surface area is 582 Å². The number of unbranched alkanes of at least 4 members (excludes halogenated alkanes) is 61. The van der Waals surface area contributed by atoms with Crippen molar-refractivity contribution >= 4 is 11.9 Å². The molecule has 6 heteroatoms. The summed E-state index contributed by atoms with van der Waals surface area (Å²) in [7, 11) is 0. The van der Waals surface area contributed by atoms with Crippen LogP contribution >= 0.6 is 0 Å². The molecule has 2 unspecified atom stereocenters. The highest BCUT2D eigenvalue weighted by atomic mass is 16.5. The fourth-order valence-corrected chi connectivity index (χ4v) is 13.4. The van der Waals surface area contributed by atoms with Crippen molar-refractivity contribution in [1.29, 1.82) is 0 Å². The van der Waals surface area contributed by atoms with Gasteiger partial charge in [-0.15, -0.1) is 0 Å². The van der Waals surface area contributed by atoms with Gasteiger partial charge in [0.05, 0.1) is 25.4 Å². The van der Waals surface area contributed by atoms with Crippen LogP contribution in [-0.2, 0) is 14.3 Å². The number of hydrogen-bond acceptors (Lipinski definition) is 5. The summed E-state index contributed by atoms with van der Waals surface area (Å²) in [6, 6.07) is -0.542. The third-order valence-corrected chi connectivity index (χ3v) is 19.9. The number of carbonyl (C=O) groups is 2. The molecule has 0 spiro atoms. The van der Waals surface area contributed by atoms with E-state index >= 15 is 0 Å². The average Bonchev–Trinajstić information content (AvgIpc) is 3.78. The quantitative estimate of drug-likeness (QED) is 0.0320. The maximum atomic E-state index is 12.6. The second-order valence-corrected chi connectivity index (χ2v) is 29.2. The molecule has 0 bridgehead atoms. The van der Waals surface area contributed by atoms with Crippen molar-refractivity contribution in [1.82, 2.24) is 5.32 Å². The maximum Gasteiger partial charge on any atom is 0.305 e. The third-order valence-electron chi connectivity index (χ3n) is 19.9. The number of rotatable bonds is 80. The molecule has 0 aromatic rings. The minimum absolute atomic E-state index is 0.00757. The molecule has 0 aromatic heterocycles. The first-order chi connectivity index (χ1) is 46.0. The van der Waals surface area contributed by atoms with Crippen molar-refractivity contribution in [2.24, 2.45) is 0 Å². The van der Waals surface area contributed by atoms with E-state index in [-0.39, 0.29) is 18.5 Å². The lowest BCUT2D eigenvalue weighted by atomic mass is 10.0. The number of hydrogen-bond donors (Lipinski definition) is 3. The van der Waals surface area contributed by atoms with Gasteiger partial charge in [0.2, 0.25) is 5.91 Å². The number of aliphatic hydroxyl groups is 2. The van der Waals surface area contributed by atoms with Gasteiger partial charge in [-0.25, -0.2) is 0 Å². The first kappa shape index (κ1) is 90.8. The fourth-order valence-electron chi connectivity index (χ4n) is 13.4. The van der Waals surface area contributed by atoms with Crippen molar-refractivity contribution in [2.45, 2.75) is 482 Å². The topological polar surface area (TPSA) is 95.9 Å². The van der Waals surface area contributed by atoms with Crippen LogP contribution in [0.5, 0.6) is 0 Å². The maximum absolute atomic E-state index is 12.6. The average molecular weight is 1310 g/mol. The molecule has 1 amide bonds. The minimum atomic E-state index is -0.666. The van der Waals surface area contributed by atoms with Crippen LogP contribution in [0.15, 0.2) is 48.6 Å². The number of amides is 1. The van der Waals surface area contributed by atoms with Crippen LogP contribution in [0.25, 0.3) is 0 Å². The van der Waals surface area contributed by atoms with Crippen LogP contribution in [0, 0.1) is 0 Å². The summed E-state index contributed by atoms with van der Waals surface area (Å²) in [4.78, 5) is 24.7. The Balaban J connectivity index is 3.38. The van der Waals surface area contributed by atoms with Gasteiger partial charge >= 0.3 is 5.97 Å². The highest BCUT2D eigenvalue weighted by molar-refractivity contribution is 5.76. The molecule has 0 aromatic carbocycles. The Morgan fingerprint density at radius 1 is 0.301 bits per heavy atom. The zero-order chi connectivity index (χ0) is 67.0. The van der Waals surface area contributed by atoms with Gasteiger partial charge in [0.15, 0.2) is 0 Å². The molecule has 0 heterocycles. The summed E-state index contributed by atoms with van der Waals surface area (Å²) < 4.78 is 5.50. The lowest BCUT2D eigenvalue weighted by Crippen LogP contribution is -2.45. The largest absolute Gasteiger partial charge is 0.466 e. The number of allylic oxidation sites excluding steroid dienone is 8. The number of ether oxygens (including phenoxy) is 1. The van der Waals surface area contributed by atoms with Gasteiger partial charge in [-0.05, 0) is 89.9 Å². The van der Waals surface area contributed by atoms with Crippen LogP contribution in [0.3, 0.4) is 0 Å². The minimum Gasteiger partial charge on any atom is -0.466 e. The molecule has 0 saturated carbocycles. The van der Waals surface area contributed by atoms with Gasteiger partial charge < -0.3 is 20.3 Å². The van der Waals surface area contributed by atoms with Gasteiger partial charge in [-0.3, -0.25) is 9.59 Å². The van der Waals surface area contributed by atoms with E-state index < -0.39 is 12.1 Å². The predicted octanol–water partition coefficient (Wildman–Crippen LogP) is 28.3. The van der Waals surface area contributed by atoms with Gasteiger partial charge in [0.25, 0.3) is 0 Å². The number of carbonyl (C=O) groups excluding carboxylic acids is 2. The number of aliphatic hydroxyl groups excluding tert-OH is 2. The summed E-state index contributed by atoms with van der Waals surface area (Å²) in [5.41, 5.74) is 0. The van der Waals surface area contributed by atoms with E-state index in [2.05, 4.69) is 67.8 Å². The number of nitrogens with one attached hydrogen (secondary N) is 1. The van der Waals surface area contributed by atoms with E-state index in [0.29, 0.717) is 25.9 Å². The normalized spacial score (nSPS) is 12.7. The third kappa shape index (κ3) is 78.7. The van der Waals surface area contributed by atoms with E-state index in [4.69, 9.17) is 4.74 Å². The Bertz CT molecular complexity index is 1550. The molecular formula is C87H165NO5. The first-order valence-corrected chi connectivity index (χ1v) is 42.4. The van der Waals surface area contributed by atoms with E-state index in [9.17, 15) is 19.8 Å². The van der Waals surface area contributed by atoms with Crippen LogP contribution in [0.2, 0.25) is 0 Å². The summed E-state index contributed by atoms with van der Waals surface area (Å²) in [6.45, 7) is 4.98. The molecule has 0 aliphatic heterocycles. The van der Waals surface area contributed by atoms with Gasteiger partial charge in [0.1, 0.15) is 0 Å². The molecule has 3 N–H and O–H groups in total. The van der Waals surface area contributed by atoms with Gasteiger partial charge in [-0.1, -0.05) is 416 Å². The van der Waals surface area contributed by atoms with Crippen molar-refractivity contribution in [3.05, 3.63) is 48.6 Å². The summed E-state index contributed by atoms with van der Waals surface area (Å²) in [5.74, 6) is -0.0200. The molecule has 0 aliphatic carbocycles. The molecule has 548 valence electrons. The van der Waals surface area contributed by atoms with Crippen LogP contribution in [0.1, 0.15) is 470 Å². The van der Waals surface area contributed by atoms with E-state index in [0.717, 1.165) is 57.8 Å². The van der Waals surface area contributed by atoms with Crippen molar-refractivity contribution in [3.8, 4) is 0 Å². The van der Waals surface area contributed by atoms with Crippen molar-refractivity contribution in [3.63, 3.8) is 0 Å². The standard InChI is InChI=1S/C87H165NO5/c1-3-5-7-9-11-13-15-17-19-21-23-24-25-35-38-41-44-47-51-55-59-63-67-71-75-79-85(90)84(83-89)88-86(91)80-76-72-68-64-60-56-52-48-45-42-39-36-33-31-29-27-26-28-30-32-34-37-40-43-46-50-54-58-62-66-70-74-78-82-93-87(92)81-77-73-69-65-61-57-53-49-22-20-18-16-14-12-10-8-6-4-2/h14,16,20,22,30,32,37,40,84-85,89-90H,3-13,15,17-19,21,23-29,31,33-36,38-39,41-83H2,1-2H3,(H,88,91)/b16-14-,22-20-,32-30-,40-37-. The Hall–Kier alpha value is -2.18. The summed E-state index contributed by atoms with van der Waals surface area (Å²) >= 11 is 0. The zero-order valence-electron chi connectivity index (χ0n) is 63.0. The molecule has 0 aliphatic rings. The smallest absolute Gasteiger partial charge is 0.305 e. The molecule has 0 rings (SSSR count). The van der Waals surface area contributed by atoms with Crippen LogP contribution in [0.4, 0.5) is 0 Å². The molecule has 0 radical (unpaired) electrons. The van der Waals surface area contributed by atoms with Crippen molar-refractivity contribution < 1.29 is 24.5 Å². The fraction of sp³-hybridized carbons (Fsp3) is 0.885. The van der Waals surface area contributed by atoms with E-state index in [1.807, 2.05) is 0 Å². The Kier molecular flexibility index (Phi) is 80.3. The highest BCUT2D eigenvalue weighted by Gasteiger charge is 2.20. The molecule has 2 atom stereocenters. The highest BCUT2D eigenvalue weighted by Crippen LogP contribution is 2.20. The molecular weight excluding hydrogens is 1140 g/mol. The second-order valence-electron chi connectivity index (χ2n) is 29.2. The van der Waals surface area contributed by atoms with E-state index in [1.54, 1.807) is 0 Å². The van der Waals surface area contributed by atoms with Gasteiger partial charge in [0, 0.05) is 12.8 Å². The van der Waals surface area contributed by atoms with Crippen molar-refractivity contribution in [2.75, 3.05) is 13.2 Å².